The molecule has 1 aliphatic heterocycles. The van der Waals surface area contributed by atoms with Crippen molar-refractivity contribution in [2.24, 2.45) is 5.73 Å². The van der Waals surface area contributed by atoms with Gasteiger partial charge >= 0.3 is 6.09 Å². The second-order valence-electron chi connectivity index (χ2n) is 7.40. The van der Waals surface area contributed by atoms with Gasteiger partial charge in [-0.1, -0.05) is 13.3 Å². The first-order chi connectivity index (χ1) is 13.1. The van der Waals surface area contributed by atoms with Crippen molar-refractivity contribution in [3.63, 3.8) is 0 Å². The number of nitrogens with two attached hydrogens (primary N) is 1. The summed E-state index contributed by atoms with van der Waals surface area (Å²) in [6, 6.07) is 0. The van der Waals surface area contributed by atoms with Crippen LogP contribution >= 0.6 is 11.3 Å². The van der Waals surface area contributed by atoms with Crippen LogP contribution in [0.2, 0.25) is 0 Å². The molecule has 9 heteroatoms. The second kappa shape index (κ2) is 10.9. The van der Waals surface area contributed by atoms with Crippen molar-refractivity contribution in [1.29, 1.82) is 0 Å². The molecule has 28 heavy (non-hydrogen) atoms. The van der Waals surface area contributed by atoms with Crippen molar-refractivity contribution >= 4 is 34.7 Å². The first kappa shape index (κ1) is 23.7. The van der Waals surface area contributed by atoms with Crippen molar-refractivity contribution in [3.8, 4) is 0 Å². The molecule has 3 amide bonds. The molecule has 2 heterocycles. The lowest BCUT2D eigenvalue weighted by Crippen LogP contribution is -2.39. The molecule has 0 unspecified atom stereocenters. The maximum Gasteiger partial charge on any atom is 0.410 e. The van der Waals surface area contributed by atoms with Gasteiger partial charge in [0.15, 0.2) is 0 Å². The van der Waals surface area contributed by atoms with Gasteiger partial charge in [0.1, 0.15) is 10.6 Å². The monoisotopic (exact) mass is 412 g/mol. The minimum atomic E-state index is -0.513. The molecule has 8 nitrogen and oxygen atoms in total. The van der Waals surface area contributed by atoms with E-state index in [0.29, 0.717) is 25.1 Å². The zero-order valence-electron chi connectivity index (χ0n) is 17.4. The van der Waals surface area contributed by atoms with Crippen LogP contribution in [0, 0.1) is 0 Å². The molecule has 4 N–H and O–H groups in total. The maximum absolute atomic E-state index is 12.1. The van der Waals surface area contributed by atoms with Crippen LogP contribution in [0.4, 0.5) is 9.80 Å². The predicted octanol–water partition coefficient (Wildman–Crippen LogP) is 2.71. The van der Waals surface area contributed by atoms with Crippen LogP contribution in [0.3, 0.4) is 0 Å². The lowest BCUT2D eigenvalue weighted by atomic mass is 10.0. The third-order valence-corrected chi connectivity index (χ3v) is 5.17. The van der Waals surface area contributed by atoms with E-state index in [9.17, 15) is 14.4 Å². The average molecular weight is 413 g/mol. The number of primary amides is 1. The van der Waals surface area contributed by atoms with Crippen molar-refractivity contribution in [1.82, 2.24) is 10.2 Å². The number of fused-ring (bicyclic) bond motifs is 1. The Labute approximate surface area is 170 Å². The number of anilines is 1. The van der Waals surface area contributed by atoms with Gasteiger partial charge < -0.3 is 26.0 Å². The molecule has 0 aromatic carbocycles. The van der Waals surface area contributed by atoms with Crippen molar-refractivity contribution in [2.75, 3.05) is 25.5 Å². The van der Waals surface area contributed by atoms with Crippen LogP contribution in [0.1, 0.15) is 61.3 Å². The summed E-state index contributed by atoms with van der Waals surface area (Å²) in [6.45, 7) is 9.42. The number of unbranched alkanes of at least 4 members (excludes halogenated alkanes) is 1. The van der Waals surface area contributed by atoms with E-state index in [1.807, 2.05) is 20.8 Å². The topological polar surface area (TPSA) is 114 Å². The van der Waals surface area contributed by atoms with Crippen LogP contribution in [0.5, 0.6) is 0 Å². The SMILES string of the molecule is CCCCNC=O.CNc1sc2c(c1C(N)=O)CCN(C(=O)OC(C)(C)C)C2. The molecule has 158 valence electrons. The molecule has 0 spiro atoms. The van der Waals surface area contributed by atoms with E-state index in [0.717, 1.165) is 41.2 Å². The quantitative estimate of drug-likeness (QED) is 0.491. The maximum atomic E-state index is 12.1. The van der Waals surface area contributed by atoms with Crippen LogP contribution in [0.25, 0.3) is 0 Å². The Hall–Kier alpha value is -2.29. The van der Waals surface area contributed by atoms with Crippen LogP contribution in [0.15, 0.2) is 0 Å². The Morgan fingerprint density at radius 2 is 2.04 bits per heavy atom. The third kappa shape index (κ3) is 7.03. The minimum Gasteiger partial charge on any atom is -0.444 e. The van der Waals surface area contributed by atoms with Gasteiger partial charge in [-0.25, -0.2) is 4.79 Å². The number of ether oxygens (including phenoxy) is 1. The molecule has 0 aliphatic carbocycles. The van der Waals surface area contributed by atoms with Crippen molar-refractivity contribution < 1.29 is 19.1 Å². The first-order valence-corrected chi connectivity index (χ1v) is 10.2. The summed E-state index contributed by atoms with van der Waals surface area (Å²) >= 11 is 1.47. The molecular weight excluding hydrogens is 380 g/mol. The smallest absolute Gasteiger partial charge is 0.410 e. The molecule has 0 radical (unpaired) electrons. The van der Waals surface area contributed by atoms with Crippen LogP contribution in [-0.4, -0.2) is 49.0 Å². The summed E-state index contributed by atoms with van der Waals surface area (Å²) in [4.78, 5) is 35.9. The minimum absolute atomic E-state index is 0.326. The summed E-state index contributed by atoms with van der Waals surface area (Å²) in [5.41, 5.74) is 6.46. The van der Waals surface area contributed by atoms with Crippen LogP contribution in [-0.2, 0) is 22.5 Å². The molecule has 0 saturated heterocycles. The molecule has 0 atom stereocenters. The molecule has 0 fully saturated rings. The molecule has 0 saturated carbocycles. The largest absolute Gasteiger partial charge is 0.444 e. The van der Waals surface area contributed by atoms with Gasteiger partial charge in [0.05, 0.1) is 12.1 Å². The summed E-state index contributed by atoms with van der Waals surface area (Å²) in [5, 5.41) is 6.33. The van der Waals surface area contributed by atoms with Crippen molar-refractivity contribution in [3.05, 3.63) is 16.0 Å². The van der Waals surface area contributed by atoms with Gasteiger partial charge in [-0.15, -0.1) is 11.3 Å². The van der Waals surface area contributed by atoms with Gasteiger partial charge in [-0.05, 0) is 39.2 Å². The van der Waals surface area contributed by atoms with Gasteiger partial charge in [0.25, 0.3) is 5.91 Å². The fourth-order valence-corrected chi connectivity index (χ4v) is 3.88. The molecule has 1 aliphatic rings. The highest BCUT2D eigenvalue weighted by molar-refractivity contribution is 7.16. The lowest BCUT2D eigenvalue weighted by Gasteiger charge is -2.30. The van der Waals surface area contributed by atoms with E-state index in [2.05, 4.69) is 17.6 Å². The Balaban J connectivity index is 0.000000480. The summed E-state index contributed by atoms with van der Waals surface area (Å²) < 4.78 is 5.39. The number of nitrogens with one attached hydrogen (secondary N) is 2. The van der Waals surface area contributed by atoms with Gasteiger partial charge in [0.2, 0.25) is 6.41 Å². The summed E-state index contributed by atoms with van der Waals surface area (Å²) in [6.07, 6.45) is 3.24. The van der Waals surface area contributed by atoms with E-state index >= 15 is 0 Å². The molecule has 2 rings (SSSR count). The summed E-state index contributed by atoms with van der Waals surface area (Å²) in [7, 11) is 1.76. The van der Waals surface area contributed by atoms with Crippen molar-refractivity contribution in [2.45, 2.75) is 59.1 Å². The Kier molecular flexibility index (Phi) is 9.24. The number of rotatable bonds is 6. The standard InChI is InChI=1S/C14H21N3O3S.C5H11NO/c1-14(2,3)20-13(19)17-6-5-8-9(7-17)21-12(16-4)10(8)11(15)18;1-2-3-4-6-5-7/h16H,5-7H2,1-4H3,(H2,15,18);5H,2-4H2,1H3,(H,6,7). The zero-order valence-corrected chi connectivity index (χ0v) is 18.2. The Bertz CT molecular complexity index is 682. The number of amides is 3. The molecule has 0 bridgehead atoms. The normalized spacial score (nSPS) is 13.0. The molecule has 1 aromatic heterocycles. The van der Waals surface area contributed by atoms with Gasteiger partial charge in [-0.2, -0.15) is 0 Å². The number of hydrogen-bond acceptors (Lipinski definition) is 6. The lowest BCUT2D eigenvalue weighted by molar-refractivity contribution is -0.109. The Morgan fingerprint density at radius 1 is 1.36 bits per heavy atom. The van der Waals surface area contributed by atoms with E-state index in [-0.39, 0.29) is 6.09 Å². The number of nitrogens with zero attached hydrogens (tertiary/aromatic N) is 1. The average Bonchev–Trinajstić information content (AvgIpc) is 2.99. The van der Waals surface area contributed by atoms with E-state index in [4.69, 9.17) is 10.5 Å². The molecule has 1 aromatic rings. The van der Waals surface area contributed by atoms with Crippen LogP contribution < -0.4 is 16.4 Å². The van der Waals surface area contributed by atoms with E-state index in [1.54, 1.807) is 11.9 Å². The van der Waals surface area contributed by atoms with E-state index in [1.165, 1.54) is 11.3 Å². The van der Waals surface area contributed by atoms with E-state index < -0.39 is 11.5 Å². The number of hydrogen-bond donors (Lipinski definition) is 3. The third-order valence-electron chi connectivity index (χ3n) is 3.94. The fraction of sp³-hybridized carbons (Fsp3) is 0.632. The van der Waals surface area contributed by atoms with Gasteiger partial charge in [-0.3, -0.25) is 9.59 Å². The highest BCUT2D eigenvalue weighted by atomic mass is 32.1. The number of carbonyl (C=O) groups excluding carboxylic acids is 3. The highest BCUT2D eigenvalue weighted by Gasteiger charge is 2.30. The zero-order chi connectivity index (χ0) is 21.3. The molecular formula is C19H32N4O4S. The number of thiophene rings is 1. The second-order valence-corrected chi connectivity index (χ2v) is 8.50. The Morgan fingerprint density at radius 3 is 2.54 bits per heavy atom. The first-order valence-electron chi connectivity index (χ1n) is 9.41. The van der Waals surface area contributed by atoms with Gasteiger partial charge in [0, 0.05) is 25.0 Å². The number of carbonyl (C=O) groups is 3. The highest BCUT2D eigenvalue weighted by Crippen LogP contribution is 2.36. The summed E-state index contributed by atoms with van der Waals surface area (Å²) in [5.74, 6) is -0.428. The fourth-order valence-electron chi connectivity index (χ4n) is 2.66. The predicted molar refractivity (Wildman–Crippen MR) is 112 cm³/mol.